The number of carbonyl (C=O) groups is 2. The predicted molar refractivity (Wildman–Crippen MR) is 88.2 cm³/mol. The molecule has 17 heteroatoms. The lowest BCUT2D eigenvalue weighted by atomic mass is 10.2. The average molecular weight is 498 g/mol. The molecule has 0 radical (unpaired) electrons. The molecule has 30 heavy (non-hydrogen) atoms. The first kappa shape index (κ1) is 25.8. The summed E-state index contributed by atoms with van der Waals surface area (Å²) in [6.45, 7) is 0. The van der Waals surface area contributed by atoms with E-state index in [0.29, 0.717) is 12.1 Å². The molecule has 0 aliphatic heterocycles. The summed E-state index contributed by atoms with van der Waals surface area (Å²) in [5, 5.41) is 4.22. The topological polar surface area (TPSA) is 169 Å². The Hall–Kier alpha value is -2.27. The highest BCUT2D eigenvalue weighted by molar-refractivity contribution is 8.28. The van der Waals surface area contributed by atoms with Gasteiger partial charge < -0.3 is 14.6 Å². The number of esters is 1. The van der Waals surface area contributed by atoms with Crippen molar-refractivity contribution >= 4 is 41.5 Å². The van der Waals surface area contributed by atoms with Crippen LogP contribution in [0.2, 0.25) is 0 Å². The molecule has 0 amide bonds. The lowest BCUT2D eigenvalue weighted by Gasteiger charge is -2.33. The Morgan fingerprint density at radius 3 is 1.77 bits per heavy atom. The molecule has 1 aromatic carbocycles. The van der Waals surface area contributed by atoms with Gasteiger partial charge in [-0.05, 0) is 12.1 Å². The van der Waals surface area contributed by atoms with Gasteiger partial charge in [-0.1, -0.05) is 12.1 Å². The third-order valence-corrected chi connectivity index (χ3v) is 10.6. The van der Waals surface area contributed by atoms with Gasteiger partial charge in [-0.25, -0.2) is 4.79 Å². The Morgan fingerprint density at radius 2 is 1.37 bits per heavy atom. The second-order valence-electron chi connectivity index (χ2n) is 5.56. The van der Waals surface area contributed by atoms with E-state index in [4.69, 9.17) is 0 Å². The molecule has 170 valence electrons. The van der Waals surface area contributed by atoms with E-state index in [1.165, 1.54) is 0 Å². The van der Waals surface area contributed by atoms with Gasteiger partial charge in [0.05, 0.1) is 25.6 Å². The van der Waals surface area contributed by atoms with Crippen LogP contribution in [0.5, 0.6) is 5.75 Å². The Morgan fingerprint density at radius 1 is 0.933 bits per heavy atom. The maximum Gasteiger partial charge on any atom is 0.416 e. The minimum atomic E-state index is -7.21. The van der Waals surface area contributed by atoms with Crippen molar-refractivity contribution < 1.29 is 62.2 Å². The van der Waals surface area contributed by atoms with E-state index < -0.39 is 67.9 Å². The van der Waals surface area contributed by atoms with Crippen LogP contribution < -0.4 is 9.84 Å². The number of hydrogen-bond donors (Lipinski definition) is 0. The molecule has 0 unspecified atom stereocenters. The third-order valence-electron chi connectivity index (χ3n) is 3.09. The summed E-state index contributed by atoms with van der Waals surface area (Å²) in [5.41, 5.74) is -1.05. The predicted octanol–water partition coefficient (Wildman–Crippen LogP) is -0.865. The smallest absolute Gasteiger partial charge is 0.416 e. The zero-order chi connectivity index (χ0) is 23.9. The zero-order valence-corrected chi connectivity index (χ0v) is 17.1. The summed E-state index contributed by atoms with van der Waals surface area (Å²) < 4.78 is 127. The maximum absolute atomic E-state index is 14.2. The largest absolute Gasteiger partial charge is 0.545 e. The van der Waals surface area contributed by atoms with Gasteiger partial charge in [0.2, 0.25) is 0 Å². The Balaban J connectivity index is 3.56. The molecule has 1 aromatic rings. The van der Waals surface area contributed by atoms with Gasteiger partial charge >= 0.3 is 17.1 Å². The van der Waals surface area contributed by atoms with Crippen LogP contribution in [0.1, 0.15) is 10.4 Å². The zero-order valence-electron chi connectivity index (χ0n) is 14.6. The van der Waals surface area contributed by atoms with Crippen molar-refractivity contribution in [1.82, 2.24) is 0 Å². The monoisotopic (exact) mass is 498 g/mol. The number of benzene rings is 1. The van der Waals surface area contributed by atoms with Crippen molar-refractivity contribution in [3.05, 3.63) is 33.7 Å². The molecule has 0 aliphatic carbocycles. The van der Waals surface area contributed by atoms with Crippen LogP contribution >= 0.6 is 0 Å². The minimum Gasteiger partial charge on any atom is -0.545 e. The summed E-state index contributed by atoms with van der Waals surface area (Å²) in [7, 11) is -18.3. The molecule has 0 aromatic heterocycles. The molecule has 0 saturated carbocycles. The van der Waals surface area contributed by atoms with E-state index in [1.807, 2.05) is 0 Å². The molecule has 0 heterocycles. The molecule has 0 aliphatic rings. The van der Waals surface area contributed by atoms with Gasteiger partial charge in [-0.2, -0.15) is 17.6 Å². The number of rotatable bonds is 8. The molecule has 0 atom stereocenters. The molecule has 0 saturated heterocycles. The van der Waals surface area contributed by atoms with E-state index in [0.717, 1.165) is 12.1 Å². The second-order valence-corrected chi connectivity index (χ2v) is 12.2. The SMILES string of the molecule is CS(=O)(=O)[C-](S(C)(=O)=O)S(=O)(=O)C(F)(F)C(F)(F)C(=O)Oc1ccccc1C(=O)[O-]. The van der Waals surface area contributed by atoms with Gasteiger partial charge in [0.15, 0.2) is 0 Å². The first-order valence-corrected chi connectivity index (χ1v) is 12.3. The number of sulfone groups is 3. The van der Waals surface area contributed by atoms with E-state index in [1.54, 1.807) is 0 Å². The normalized spacial score (nSPS) is 13.8. The number of hydrogen-bond acceptors (Lipinski definition) is 10. The fourth-order valence-corrected chi connectivity index (χ4v) is 8.60. The van der Waals surface area contributed by atoms with Crippen molar-refractivity contribution in [2.24, 2.45) is 0 Å². The number of carbonyl (C=O) groups excluding carboxylic acids is 2. The van der Waals surface area contributed by atoms with Crippen LogP contribution in [-0.2, 0) is 34.3 Å². The number of carboxylic acid groups (broad SMARTS) is 1. The first-order chi connectivity index (χ1) is 13.2. The molecule has 0 bridgehead atoms. The van der Waals surface area contributed by atoms with Crippen LogP contribution in [0.15, 0.2) is 24.3 Å². The Labute approximate surface area is 167 Å². The Bertz CT molecular complexity index is 1160. The number of alkyl halides is 4. The molecule has 0 N–H and O–H groups in total. The summed E-state index contributed by atoms with van der Waals surface area (Å²) in [6, 6.07) is 3.18. The summed E-state index contributed by atoms with van der Waals surface area (Å²) in [6.07, 6.45) is -0.298. The van der Waals surface area contributed by atoms with Crippen molar-refractivity contribution in [2.75, 3.05) is 12.5 Å². The van der Waals surface area contributed by atoms with Crippen molar-refractivity contribution in [3.63, 3.8) is 0 Å². The van der Waals surface area contributed by atoms with Gasteiger partial charge in [0.25, 0.3) is 0 Å². The summed E-state index contributed by atoms with van der Waals surface area (Å²) >= 11 is 0. The molecular weight excluding hydrogens is 488 g/mol. The minimum absolute atomic E-state index is 0.149. The summed E-state index contributed by atoms with van der Waals surface area (Å²) in [4.78, 5) is 22.4. The quantitative estimate of drug-likeness (QED) is 0.190. The lowest BCUT2D eigenvalue weighted by molar-refractivity contribution is -0.255. The molecule has 0 spiro atoms. The van der Waals surface area contributed by atoms with Crippen LogP contribution in [0, 0.1) is 3.91 Å². The van der Waals surface area contributed by atoms with Gasteiger partial charge in [0.1, 0.15) is 15.6 Å². The lowest BCUT2D eigenvalue weighted by Crippen LogP contribution is -2.56. The molecule has 1 rings (SSSR count). The summed E-state index contributed by atoms with van der Waals surface area (Å²) in [5.74, 6) is -13.0. The second kappa shape index (κ2) is 7.77. The van der Waals surface area contributed by atoms with Crippen LogP contribution in [0.25, 0.3) is 0 Å². The maximum atomic E-state index is 14.2. The molecular formula is C13H10F4O10S3-2. The van der Waals surface area contributed by atoms with E-state index in [-0.39, 0.29) is 12.5 Å². The van der Waals surface area contributed by atoms with E-state index >= 15 is 0 Å². The number of para-hydroxylation sites is 1. The van der Waals surface area contributed by atoms with Crippen molar-refractivity contribution in [3.8, 4) is 5.75 Å². The molecule has 0 fully saturated rings. The average Bonchev–Trinajstić information content (AvgIpc) is 2.51. The highest BCUT2D eigenvalue weighted by atomic mass is 32.3. The fraction of sp³-hybridized carbons (Fsp3) is 0.308. The van der Waals surface area contributed by atoms with E-state index in [9.17, 15) is 57.5 Å². The van der Waals surface area contributed by atoms with Crippen LogP contribution in [0.3, 0.4) is 0 Å². The van der Waals surface area contributed by atoms with Crippen LogP contribution in [-0.4, -0.2) is 60.9 Å². The molecule has 10 nitrogen and oxygen atoms in total. The number of ether oxygens (including phenoxy) is 1. The Kier molecular flexibility index (Phi) is 6.67. The number of halogens is 4. The third kappa shape index (κ3) is 4.56. The fourth-order valence-electron chi connectivity index (χ4n) is 1.95. The standard InChI is InChI=1S/C13H11F4O10S3/c1-28(21,22)11(29(2,23)24)30(25,26)13(16,17)12(14,15)10(20)27-8-6-4-3-5-7(8)9(18)19/h3-6H,1-2H3,(H,18,19)/q-1/p-1. The number of carboxylic acids is 1. The highest BCUT2D eigenvalue weighted by Gasteiger charge is 2.70. The van der Waals surface area contributed by atoms with Gasteiger partial charge in [0, 0.05) is 22.0 Å². The first-order valence-electron chi connectivity index (χ1n) is 6.99. The van der Waals surface area contributed by atoms with Gasteiger partial charge in [-0.3, -0.25) is 25.3 Å². The van der Waals surface area contributed by atoms with Gasteiger partial charge in [-0.15, -0.1) is 0 Å². The number of aromatic carboxylic acids is 1. The highest BCUT2D eigenvalue weighted by Crippen LogP contribution is 2.46. The van der Waals surface area contributed by atoms with Crippen molar-refractivity contribution in [1.29, 1.82) is 0 Å². The van der Waals surface area contributed by atoms with Crippen molar-refractivity contribution in [2.45, 2.75) is 11.2 Å². The van der Waals surface area contributed by atoms with E-state index in [2.05, 4.69) is 4.74 Å². The van der Waals surface area contributed by atoms with Crippen LogP contribution in [0.4, 0.5) is 17.6 Å².